The number of nitrogens with one attached hydrogen (secondary N) is 2. The summed E-state index contributed by atoms with van der Waals surface area (Å²) >= 11 is 1.14. The number of amides is 2. The summed E-state index contributed by atoms with van der Waals surface area (Å²) in [6, 6.07) is 5.26. The molecule has 2 aromatic heterocycles. The molecule has 3 heterocycles. The Balaban J connectivity index is 1.47. The van der Waals surface area contributed by atoms with Gasteiger partial charge in [0.15, 0.2) is 6.10 Å². The van der Waals surface area contributed by atoms with E-state index in [4.69, 9.17) is 4.74 Å². The number of nitrogens with zero attached hydrogens (tertiary/aromatic N) is 2. The molecule has 1 unspecified atom stereocenters. The zero-order chi connectivity index (χ0) is 22.8. The molecule has 0 fully saturated rings. The Bertz CT molecular complexity index is 1240. The molecular weight excluding hydrogens is 435 g/mol. The van der Waals surface area contributed by atoms with Crippen LogP contribution in [-0.4, -0.2) is 27.5 Å². The van der Waals surface area contributed by atoms with Gasteiger partial charge in [-0.05, 0) is 56.5 Å². The first-order chi connectivity index (χ1) is 15.3. The summed E-state index contributed by atoms with van der Waals surface area (Å²) in [5.74, 6) is -0.440. The van der Waals surface area contributed by atoms with Crippen molar-refractivity contribution < 1.29 is 18.7 Å². The van der Waals surface area contributed by atoms with Crippen molar-refractivity contribution in [1.29, 1.82) is 0 Å². The van der Waals surface area contributed by atoms with E-state index in [2.05, 4.69) is 15.8 Å². The number of halogens is 1. The maximum atomic E-state index is 13.0. The van der Waals surface area contributed by atoms with Gasteiger partial charge in [0.25, 0.3) is 17.4 Å². The van der Waals surface area contributed by atoms with E-state index in [0.29, 0.717) is 33.0 Å². The van der Waals surface area contributed by atoms with Gasteiger partial charge in [-0.3, -0.25) is 29.8 Å². The summed E-state index contributed by atoms with van der Waals surface area (Å²) in [7, 11) is 0. The predicted molar refractivity (Wildman–Crippen MR) is 118 cm³/mol. The van der Waals surface area contributed by atoms with E-state index < -0.39 is 23.7 Å². The van der Waals surface area contributed by atoms with Gasteiger partial charge in [-0.2, -0.15) is 0 Å². The van der Waals surface area contributed by atoms with Crippen LogP contribution in [0.4, 0.5) is 4.39 Å². The number of carbonyl (C=O) groups is 2. The highest BCUT2D eigenvalue weighted by Gasteiger charge is 2.23. The quantitative estimate of drug-likeness (QED) is 0.586. The standard InChI is InChI=1S/C22H23FN4O4S/c1-12-17-21(24-16-6-4-3-5-11-27(16)22(17)30)32-18(12)20(29)26-25-19(28)13(2)31-15-9-7-14(23)8-10-15/h7-10,13H,3-6,11H2,1-2H3,(H,25,28)(H,26,29). The Morgan fingerprint density at radius 2 is 1.94 bits per heavy atom. The van der Waals surface area contributed by atoms with E-state index in [-0.39, 0.29) is 5.56 Å². The number of fused-ring (bicyclic) bond motifs is 2. The van der Waals surface area contributed by atoms with Gasteiger partial charge < -0.3 is 4.74 Å². The topological polar surface area (TPSA) is 102 Å². The fraction of sp³-hybridized carbons (Fsp3) is 0.364. The molecule has 0 saturated carbocycles. The largest absolute Gasteiger partial charge is 0.481 e. The van der Waals surface area contributed by atoms with Gasteiger partial charge in [0.2, 0.25) is 0 Å². The molecule has 32 heavy (non-hydrogen) atoms. The van der Waals surface area contributed by atoms with Gasteiger partial charge in [0.05, 0.1) is 10.3 Å². The van der Waals surface area contributed by atoms with E-state index in [9.17, 15) is 18.8 Å². The fourth-order valence-corrected chi connectivity index (χ4v) is 4.76. The van der Waals surface area contributed by atoms with Gasteiger partial charge in [-0.15, -0.1) is 11.3 Å². The summed E-state index contributed by atoms with van der Waals surface area (Å²) in [4.78, 5) is 43.5. The number of hydrogen-bond acceptors (Lipinski definition) is 6. The summed E-state index contributed by atoms with van der Waals surface area (Å²) in [6.45, 7) is 3.85. The van der Waals surface area contributed by atoms with E-state index >= 15 is 0 Å². The first-order valence-electron chi connectivity index (χ1n) is 10.4. The Labute approximate surface area is 187 Å². The smallest absolute Gasteiger partial charge is 0.280 e. The molecule has 1 aliphatic heterocycles. The molecule has 4 rings (SSSR count). The lowest BCUT2D eigenvalue weighted by Crippen LogP contribution is -2.47. The van der Waals surface area contributed by atoms with Crippen molar-refractivity contribution in [3.63, 3.8) is 0 Å². The predicted octanol–water partition coefficient (Wildman–Crippen LogP) is 2.86. The number of aromatic nitrogens is 2. The molecule has 168 valence electrons. The molecule has 3 aromatic rings. The number of carbonyl (C=O) groups excluding carboxylic acids is 2. The molecule has 10 heteroatoms. The SMILES string of the molecule is Cc1c(C(=O)NNC(=O)C(C)Oc2ccc(F)cc2)sc2nc3n(c(=O)c12)CCCCC3. The van der Waals surface area contributed by atoms with Gasteiger partial charge in [0.1, 0.15) is 22.2 Å². The van der Waals surface area contributed by atoms with Crippen LogP contribution in [0.15, 0.2) is 29.1 Å². The fourth-order valence-electron chi connectivity index (χ4n) is 3.67. The minimum absolute atomic E-state index is 0.120. The van der Waals surface area contributed by atoms with Crippen LogP contribution in [0.25, 0.3) is 10.2 Å². The summed E-state index contributed by atoms with van der Waals surface area (Å²) in [6.07, 6.45) is 2.80. The minimum atomic E-state index is -0.925. The maximum Gasteiger partial charge on any atom is 0.280 e. The second-order valence-corrected chi connectivity index (χ2v) is 8.69. The summed E-state index contributed by atoms with van der Waals surface area (Å²) in [5, 5.41) is 0.449. The molecule has 0 aliphatic carbocycles. The molecule has 1 aromatic carbocycles. The monoisotopic (exact) mass is 458 g/mol. The van der Waals surface area contributed by atoms with E-state index in [0.717, 1.165) is 42.8 Å². The van der Waals surface area contributed by atoms with Crippen molar-refractivity contribution >= 4 is 33.4 Å². The molecule has 0 spiro atoms. The number of ether oxygens (including phenoxy) is 1. The van der Waals surface area contributed by atoms with E-state index in [1.807, 2.05) is 0 Å². The van der Waals surface area contributed by atoms with Crippen LogP contribution < -0.4 is 21.1 Å². The Morgan fingerprint density at radius 1 is 1.19 bits per heavy atom. The number of rotatable bonds is 4. The third-order valence-electron chi connectivity index (χ3n) is 5.41. The average molecular weight is 459 g/mol. The van der Waals surface area contributed by atoms with E-state index in [1.165, 1.54) is 31.2 Å². The lowest BCUT2D eigenvalue weighted by Gasteiger charge is -2.15. The number of aryl methyl sites for hydroxylation is 2. The third-order valence-corrected chi connectivity index (χ3v) is 6.60. The van der Waals surface area contributed by atoms with Crippen LogP contribution in [0.5, 0.6) is 5.75 Å². The van der Waals surface area contributed by atoms with Gasteiger partial charge in [-0.1, -0.05) is 6.42 Å². The molecule has 0 saturated heterocycles. The molecule has 1 aliphatic rings. The summed E-state index contributed by atoms with van der Waals surface area (Å²) in [5.41, 5.74) is 5.12. The van der Waals surface area contributed by atoms with Crippen LogP contribution in [-0.2, 0) is 17.8 Å². The second kappa shape index (κ2) is 9.07. The van der Waals surface area contributed by atoms with Crippen LogP contribution in [0.3, 0.4) is 0 Å². The Hall–Kier alpha value is -3.27. The number of hydrazine groups is 1. The molecular formula is C22H23FN4O4S. The highest BCUT2D eigenvalue weighted by molar-refractivity contribution is 7.20. The molecule has 1 atom stereocenters. The molecule has 0 radical (unpaired) electrons. The molecule has 2 N–H and O–H groups in total. The number of thiophene rings is 1. The lowest BCUT2D eigenvalue weighted by molar-refractivity contribution is -0.128. The second-order valence-electron chi connectivity index (χ2n) is 7.69. The lowest BCUT2D eigenvalue weighted by atomic mass is 10.2. The summed E-state index contributed by atoms with van der Waals surface area (Å²) < 4.78 is 20.1. The Kier molecular flexibility index (Phi) is 6.22. The van der Waals surface area contributed by atoms with Crippen molar-refractivity contribution in [3.8, 4) is 5.75 Å². The van der Waals surface area contributed by atoms with Crippen molar-refractivity contribution in [3.05, 3.63) is 56.7 Å². The van der Waals surface area contributed by atoms with Gasteiger partial charge in [0, 0.05) is 13.0 Å². The number of benzene rings is 1. The first-order valence-corrected chi connectivity index (χ1v) is 11.2. The number of hydrogen-bond donors (Lipinski definition) is 2. The first kappa shape index (κ1) is 21.9. The van der Waals surface area contributed by atoms with Crippen molar-refractivity contribution in [2.45, 2.75) is 52.2 Å². The van der Waals surface area contributed by atoms with Crippen molar-refractivity contribution in [1.82, 2.24) is 20.4 Å². The van der Waals surface area contributed by atoms with Crippen LogP contribution in [0.2, 0.25) is 0 Å². The average Bonchev–Trinajstić information content (AvgIpc) is 2.94. The minimum Gasteiger partial charge on any atom is -0.481 e. The zero-order valence-corrected chi connectivity index (χ0v) is 18.6. The molecule has 8 nitrogen and oxygen atoms in total. The Morgan fingerprint density at radius 3 is 2.69 bits per heavy atom. The highest BCUT2D eigenvalue weighted by Crippen LogP contribution is 2.28. The molecule has 2 amide bonds. The highest BCUT2D eigenvalue weighted by atomic mass is 32.1. The van der Waals surface area contributed by atoms with Crippen LogP contribution >= 0.6 is 11.3 Å². The van der Waals surface area contributed by atoms with Gasteiger partial charge in [-0.25, -0.2) is 9.37 Å². The van der Waals surface area contributed by atoms with Crippen molar-refractivity contribution in [2.24, 2.45) is 0 Å². The van der Waals surface area contributed by atoms with Crippen LogP contribution in [0.1, 0.15) is 47.2 Å². The van der Waals surface area contributed by atoms with Crippen molar-refractivity contribution in [2.75, 3.05) is 0 Å². The van der Waals surface area contributed by atoms with E-state index in [1.54, 1.807) is 11.5 Å². The normalized spacial score (nSPS) is 14.3. The van der Waals surface area contributed by atoms with Gasteiger partial charge >= 0.3 is 0 Å². The maximum absolute atomic E-state index is 13.0. The molecule has 0 bridgehead atoms. The zero-order valence-electron chi connectivity index (χ0n) is 17.7. The van der Waals surface area contributed by atoms with Crippen LogP contribution in [0, 0.1) is 12.7 Å². The third kappa shape index (κ3) is 4.36.